The summed E-state index contributed by atoms with van der Waals surface area (Å²) in [6.07, 6.45) is 0. The van der Waals surface area contributed by atoms with Crippen LogP contribution in [0.15, 0.2) is 0 Å². The van der Waals surface area contributed by atoms with Crippen LogP contribution in [-0.4, -0.2) is 0 Å². The molecule has 26 valence electrons. The summed E-state index contributed by atoms with van der Waals surface area (Å²) in [5.41, 5.74) is 0. The van der Waals surface area contributed by atoms with Gasteiger partial charge in [-0.25, -0.2) is 0 Å². The van der Waals surface area contributed by atoms with E-state index >= 15 is 0 Å². The van der Waals surface area contributed by atoms with Crippen LogP contribution in [0.4, 0.5) is 0 Å². The van der Waals surface area contributed by atoms with E-state index in [0.29, 0.717) is 0 Å². The van der Waals surface area contributed by atoms with E-state index in [-0.39, 0.29) is 18.9 Å². The summed E-state index contributed by atoms with van der Waals surface area (Å²) in [7, 11) is 0. The Bertz CT molecular complexity index is 11.6. The van der Waals surface area contributed by atoms with Crippen molar-refractivity contribution in [1.29, 1.82) is 0 Å². The van der Waals surface area contributed by atoms with Crippen molar-refractivity contribution < 1.29 is 46.3 Å². The van der Waals surface area contributed by atoms with Gasteiger partial charge in [0, 0.05) is 0 Å². The Hall–Kier alpha value is 0.957. The predicted octanol–water partition coefficient (Wildman–Crippen LogP) is -6.56. The number of rotatable bonds is 0. The fraction of sp³-hybridized carbons (Fsp3) is 0. The second-order valence-electron chi connectivity index (χ2n) is 0.189. The SMILES string of the molecule is [Li+].[O-][Br+2]([O-])[O-]. The van der Waals surface area contributed by atoms with Gasteiger partial charge in [-0.15, -0.1) is 0 Å². The second-order valence-corrected chi connectivity index (χ2v) is 0.982. The van der Waals surface area contributed by atoms with E-state index in [2.05, 4.69) is 0 Å². The molecule has 0 spiro atoms. The first-order valence-electron chi connectivity index (χ1n) is 0.463. The Morgan fingerprint density at radius 1 is 1.00 bits per heavy atom. The van der Waals surface area contributed by atoms with Gasteiger partial charge < -0.3 is 12.6 Å². The largest absolute Gasteiger partial charge is 1.00 e. The van der Waals surface area contributed by atoms with E-state index in [1.54, 1.807) is 0 Å². The smallest absolute Gasteiger partial charge is 0.405 e. The Morgan fingerprint density at radius 3 is 1.00 bits per heavy atom. The Labute approximate surface area is 46.6 Å². The Morgan fingerprint density at radius 2 is 1.00 bits per heavy atom. The summed E-state index contributed by atoms with van der Waals surface area (Å²) >= 11 is -3.65. The van der Waals surface area contributed by atoms with Gasteiger partial charge in [0.2, 0.25) is 14.8 Å². The van der Waals surface area contributed by atoms with Gasteiger partial charge in [0.15, 0.2) is 0 Å². The minimum Gasteiger partial charge on any atom is -0.405 e. The van der Waals surface area contributed by atoms with Gasteiger partial charge in [-0.2, -0.15) is 0 Å². The monoisotopic (exact) mass is 134 g/mol. The summed E-state index contributed by atoms with van der Waals surface area (Å²) in [4.78, 5) is 0. The van der Waals surface area contributed by atoms with Crippen molar-refractivity contribution in [2.24, 2.45) is 0 Å². The topological polar surface area (TPSA) is 69.2 Å². The van der Waals surface area contributed by atoms with Crippen LogP contribution < -0.4 is 31.5 Å². The van der Waals surface area contributed by atoms with Gasteiger partial charge in [0.05, 0.1) is 0 Å². The average molecular weight is 135 g/mol. The van der Waals surface area contributed by atoms with Crippen molar-refractivity contribution in [2.75, 3.05) is 0 Å². The van der Waals surface area contributed by atoms with Crippen LogP contribution in [0.3, 0.4) is 0 Å². The molecule has 0 aliphatic heterocycles. The molecule has 0 aliphatic rings. The molecule has 0 aromatic rings. The molecule has 0 radical (unpaired) electrons. The molecule has 0 fully saturated rings. The molecule has 0 saturated heterocycles. The maximum Gasteiger partial charge on any atom is 1.00 e. The molecule has 5 heteroatoms. The van der Waals surface area contributed by atoms with Crippen molar-refractivity contribution in [2.45, 2.75) is 0 Å². The summed E-state index contributed by atoms with van der Waals surface area (Å²) in [5.74, 6) is 0. The molecule has 0 N–H and O–H groups in total. The van der Waals surface area contributed by atoms with Gasteiger partial charge in [0.25, 0.3) is 0 Å². The molecule has 0 aliphatic carbocycles. The summed E-state index contributed by atoms with van der Waals surface area (Å²) < 4.78 is 25.6. The number of hydrogen-bond donors (Lipinski definition) is 0. The number of hydrogen-bond acceptors (Lipinski definition) is 3. The van der Waals surface area contributed by atoms with E-state index < -0.39 is 14.8 Å². The maximum absolute atomic E-state index is 8.52. The van der Waals surface area contributed by atoms with Crippen LogP contribution in [0.1, 0.15) is 0 Å². The predicted molar refractivity (Wildman–Crippen MR) is 0 cm³/mol. The summed E-state index contributed by atoms with van der Waals surface area (Å²) in [6, 6.07) is 0. The molecule has 0 amide bonds. The number of halogens is 1. The first kappa shape index (κ1) is 9.35. The fourth-order valence-corrected chi connectivity index (χ4v) is 0. The Kier molecular flexibility index (Phi) is 9.27. The average Bonchev–Trinajstić information content (AvgIpc) is 0.811. The first-order valence-corrected chi connectivity index (χ1v) is 2.41. The Balaban J connectivity index is 0. The molecule has 3 nitrogen and oxygen atoms in total. The molecular formula is BrLiO3. The van der Waals surface area contributed by atoms with Gasteiger partial charge in [-0.3, -0.25) is 0 Å². The second kappa shape index (κ2) is 4.96. The minimum atomic E-state index is -3.65. The van der Waals surface area contributed by atoms with Crippen LogP contribution in [0.25, 0.3) is 0 Å². The molecule has 0 saturated carbocycles. The summed E-state index contributed by atoms with van der Waals surface area (Å²) in [5, 5.41) is 0. The molecule has 0 unspecified atom stereocenters. The van der Waals surface area contributed by atoms with Crippen LogP contribution in [-0.2, 0) is 0 Å². The molecular weight excluding hydrogens is 135 g/mol. The molecule has 0 atom stereocenters. The molecule has 0 bridgehead atoms. The third-order valence-electron chi connectivity index (χ3n) is 0. The zero-order chi connectivity index (χ0) is 3.58. The molecule has 5 heavy (non-hydrogen) atoms. The van der Waals surface area contributed by atoms with Crippen LogP contribution in [0.5, 0.6) is 0 Å². The van der Waals surface area contributed by atoms with Crippen LogP contribution in [0, 0.1) is 14.8 Å². The van der Waals surface area contributed by atoms with Crippen LogP contribution in [0.2, 0.25) is 0 Å². The first-order chi connectivity index (χ1) is 1.73. The van der Waals surface area contributed by atoms with E-state index in [0.717, 1.165) is 0 Å². The third kappa shape index (κ3) is 47.3. The molecule has 0 rings (SSSR count). The van der Waals surface area contributed by atoms with E-state index in [1.165, 1.54) is 0 Å². The molecule has 0 aromatic heterocycles. The van der Waals surface area contributed by atoms with Crippen molar-refractivity contribution in [3.63, 3.8) is 0 Å². The van der Waals surface area contributed by atoms with E-state index in [1.807, 2.05) is 0 Å². The zero-order valence-corrected chi connectivity index (χ0v) is 4.19. The molecule has 0 aromatic carbocycles. The third-order valence-corrected chi connectivity index (χ3v) is 0. The van der Waals surface area contributed by atoms with Crippen LogP contribution >= 0.6 is 0 Å². The standard InChI is InChI=1S/BrO3.Li/c2-1(3)4;/q-1;+1. The minimum absolute atomic E-state index is 0. The maximum atomic E-state index is 8.52. The van der Waals surface area contributed by atoms with Gasteiger partial charge in [-0.05, 0) is 0 Å². The summed E-state index contributed by atoms with van der Waals surface area (Å²) in [6.45, 7) is 0. The normalized spacial score (nSPS) is 7.20. The zero-order valence-electron chi connectivity index (χ0n) is 2.60. The van der Waals surface area contributed by atoms with E-state index in [9.17, 15) is 0 Å². The van der Waals surface area contributed by atoms with Crippen molar-refractivity contribution >= 4 is 0 Å². The van der Waals surface area contributed by atoms with Crippen molar-refractivity contribution in [3.05, 3.63) is 0 Å². The van der Waals surface area contributed by atoms with E-state index in [4.69, 9.17) is 12.6 Å². The molecule has 0 heterocycles. The van der Waals surface area contributed by atoms with Gasteiger partial charge in [0.1, 0.15) is 0 Å². The van der Waals surface area contributed by atoms with Crippen molar-refractivity contribution in [1.82, 2.24) is 0 Å². The quantitative estimate of drug-likeness (QED) is 0.310. The van der Waals surface area contributed by atoms with Crippen molar-refractivity contribution in [3.8, 4) is 0 Å². The van der Waals surface area contributed by atoms with Gasteiger partial charge >= 0.3 is 18.9 Å². The fourth-order valence-electron chi connectivity index (χ4n) is 0. The van der Waals surface area contributed by atoms with Gasteiger partial charge in [-0.1, -0.05) is 0 Å².